The average Bonchev–Trinajstić information content (AvgIpc) is 2.63. The zero-order valence-corrected chi connectivity index (χ0v) is 15.6. The molecule has 0 aromatic heterocycles. The fourth-order valence-electron chi connectivity index (χ4n) is 5.03. The lowest BCUT2D eigenvalue weighted by molar-refractivity contribution is -0.462. The normalized spacial score (nSPS) is 52.5. The van der Waals surface area contributed by atoms with Crippen LogP contribution in [0.25, 0.3) is 0 Å². The van der Waals surface area contributed by atoms with Crippen LogP contribution in [0.4, 0.5) is 13.2 Å². The number of hydrogen-bond donors (Lipinski definition) is 1. The van der Waals surface area contributed by atoms with Crippen molar-refractivity contribution < 1.29 is 32.8 Å². The van der Waals surface area contributed by atoms with Crippen molar-refractivity contribution in [3.8, 4) is 0 Å². The van der Waals surface area contributed by atoms with Crippen LogP contribution in [0.1, 0.15) is 46.5 Å². The van der Waals surface area contributed by atoms with Gasteiger partial charge >= 0.3 is 6.18 Å². The molecule has 0 amide bonds. The highest BCUT2D eigenvalue weighted by molar-refractivity contribution is 9.10. The van der Waals surface area contributed by atoms with E-state index in [0.29, 0.717) is 12.8 Å². The molecule has 3 aliphatic rings. The lowest BCUT2D eigenvalue weighted by Crippen LogP contribution is -2.71. The van der Waals surface area contributed by atoms with E-state index in [9.17, 15) is 18.4 Å². The Kier molecular flexibility index (Phi) is 4.78. The van der Waals surface area contributed by atoms with Crippen LogP contribution >= 0.6 is 15.9 Å². The third kappa shape index (κ3) is 2.47. The highest BCUT2D eigenvalue weighted by Gasteiger charge is 2.73. The van der Waals surface area contributed by atoms with E-state index in [4.69, 9.17) is 14.4 Å². The van der Waals surface area contributed by atoms with Gasteiger partial charge in [-0.25, -0.2) is 4.89 Å². The molecule has 0 aromatic carbocycles. The zero-order chi connectivity index (χ0) is 17.9. The number of ether oxygens (including phenoxy) is 2. The van der Waals surface area contributed by atoms with E-state index in [1.165, 1.54) is 6.92 Å². The molecule has 1 N–H and O–H groups in total. The van der Waals surface area contributed by atoms with Crippen LogP contribution < -0.4 is 0 Å². The number of hydrogen-bond acceptors (Lipinski definition) is 4. The van der Waals surface area contributed by atoms with Gasteiger partial charge in [-0.3, -0.25) is 5.26 Å². The average molecular weight is 417 g/mol. The predicted octanol–water partition coefficient (Wildman–Crippen LogP) is 4.72. The maximum absolute atomic E-state index is 13.7. The first-order chi connectivity index (χ1) is 11.1. The molecule has 0 spiro atoms. The molecule has 1 saturated carbocycles. The summed E-state index contributed by atoms with van der Waals surface area (Å²) >= 11 is 2.82. The van der Waals surface area contributed by atoms with Crippen molar-refractivity contribution >= 4 is 15.9 Å². The van der Waals surface area contributed by atoms with Crippen molar-refractivity contribution in [1.29, 1.82) is 0 Å². The van der Waals surface area contributed by atoms with Gasteiger partial charge in [-0.05, 0) is 60.4 Å². The Morgan fingerprint density at radius 2 is 1.71 bits per heavy atom. The third-order valence-electron chi connectivity index (χ3n) is 6.40. The molecule has 3 fully saturated rings. The predicted molar refractivity (Wildman–Crippen MR) is 83.4 cm³/mol. The summed E-state index contributed by atoms with van der Waals surface area (Å²) in [4.78, 5) is 4.99. The molecule has 1 unspecified atom stereocenters. The van der Waals surface area contributed by atoms with Crippen LogP contribution in [0.3, 0.4) is 0 Å². The maximum atomic E-state index is 13.7. The summed E-state index contributed by atoms with van der Waals surface area (Å²) < 4.78 is 50.0. The van der Waals surface area contributed by atoms with Gasteiger partial charge in [0.1, 0.15) is 0 Å². The van der Waals surface area contributed by atoms with Gasteiger partial charge in [0.15, 0.2) is 11.9 Å². The molecule has 8 atom stereocenters. The van der Waals surface area contributed by atoms with Gasteiger partial charge < -0.3 is 9.47 Å². The molecule has 2 heterocycles. The molecule has 0 radical (unpaired) electrons. The van der Waals surface area contributed by atoms with Crippen LogP contribution in [0, 0.1) is 23.7 Å². The fourth-order valence-corrected chi connectivity index (χ4v) is 5.52. The number of rotatable bonds is 1. The molecule has 1 aliphatic carbocycles. The largest absolute Gasteiger partial charge is 0.427 e. The standard InChI is InChI=1S/C16H24BrF3O4/c1-8-4-6-12-10(3)15(17,16(18,19)20)23-13-14(12,24-21)11(8)7-5-9(2)22-13/h8-13,21H,4-7H2,1-3H3/t8-,9+,10-,11?,12+,13+,14-,15-/m1/s1. The summed E-state index contributed by atoms with van der Waals surface area (Å²) in [7, 11) is 0. The Hall–Kier alpha value is 0.110. The highest BCUT2D eigenvalue weighted by Crippen LogP contribution is 2.62. The van der Waals surface area contributed by atoms with Crippen molar-refractivity contribution in [3.63, 3.8) is 0 Å². The third-order valence-corrected chi connectivity index (χ3v) is 7.76. The fraction of sp³-hybridized carbons (Fsp3) is 1.00. The summed E-state index contributed by atoms with van der Waals surface area (Å²) in [5.74, 6) is -1.33. The van der Waals surface area contributed by atoms with Crippen molar-refractivity contribution in [2.75, 3.05) is 0 Å². The first kappa shape index (κ1) is 18.9. The molecule has 2 saturated heterocycles. The molecular formula is C16H24BrF3O4. The van der Waals surface area contributed by atoms with Crippen molar-refractivity contribution in [3.05, 3.63) is 0 Å². The Balaban J connectivity index is 2.11. The molecule has 140 valence electrons. The van der Waals surface area contributed by atoms with Crippen LogP contribution in [-0.4, -0.2) is 33.9 Å². The van der Waals surface area contributed by atoms with Gasteiger partial charge in [0.05, 0.1) is 6.10 Å². The smallest absolute Gasteiger partial charge is 0.346 e. The second-order valence-corrected chi connectivity index (χ2v) is 8.80. The topological polar surface area (TPSA) is 47.9 Å². The molecule has 4 nitrogen and oxygen atoms in total. The van der Waals surface area contributed by atoms with Crippen LogP contribution in [0.2, 0.25) is 0 Å². The Labute approximate surface area is 148 Å². The molecule has 8 heteroatoms. The van der Waals surface area contributed by atoms with E-state index in [1.807, 2.05) is 6.92 Å². The van der Waals surface area contributed by atoms with E-state index in [1.54, 1.807) is 0 Å². The van der Waals surface area contributed by atoms with Crippen molar-refractivity contribution in [2.45, 2.75) is 75.1 Å². The van der Waals surface area contributed by atoms with Gasteiger partial charge in [0.2, 0.25) is 4.51 Å². The minimum absolute atomic E-state index is 0.107. The SMILES string of the molecule is C[C@@H]1CC[C@H]2[C@@H](C)[C@](Br)(C(F)(F)F)O[C@@H]3O[C@@H](C)CCC1[C@]32OO. The van der Waals surface area contributed by atoms with Crippen LogP contribution in [0.5, 0.6) is 0 Å². The summed E-state index contributed by atoms with van der Waals surface area (Å²) in [6.45, 7) is 5.37. The van der Waals surface area contributed by atoms with Crippen molar-refractivity contribution in [2.24, 2.45) is 23.7 Å². The molecule has 0 aromatic rings. The molecule has 24 heavy (non-hydrogen) atoms. The number of alkyl halides is 4. The molecule has 3 rings (SSSR count). The van der Waals surface area contributed by atoms with Crippen LogP contribution in [0.15, 0.2) is 0 Å². The van der Waals surface area contributed by atoms with E-state index >= 15 is 0 Å². The quantitative estimate of drug-likeness (QED) is 0.381. The second-order valence-electron chi connectivity index (χ2n) is 7.62. The van der Waals surface area contributed by atoms with Gasteiger partial charge in [-0.1, -0.05) is 13.8 Å². The monoisotopic (exact) mass is 416 g/mol. The number of halogens is 4. The summed E-state index contributed by atoms with van der Waals surface area (Å²) in [5, 5.41) is 9.85. The van der Waals surface area contributed by atoms with E-state index in [0.717, 1.165) is 12.8 Å². The lowest BCUT2D eigenvalue weighted by atomic mass is 9.57. The first-order valence-electron chi connectivity index (χ1n) is 8.49. The lowest BCUT2D eigenvalue weighted by Gasteiger charge is -2.60. The molecule has 0 bridgehead atoms. The Morgan fingerprint density at radius 3 is 2.29 bits per heavy atom. The summed E-state index contributed by atoms with van der Waals surface area (Å²) in [6.07, 6.45) is -3.39. The Morgan fingerprint density at radius 1 is 1.08 bits per heavy atom. The highest BCUT2D eigenvalue weighted by atomic mass is 79.9. The van der Waals surface area contributed by atoms with E-state index in [2.05, 4.69) is 22.9 Å². The minimum atomic E-state index is -4.61. The summed E-state index contributed by atoms with van der Waals surface area (Å²) in [6, 6.07) is 0. The summed E-state index contributed by atoms with van der Waals surface area (Å²) in [5.41, 5.74) is -1.26. The second kappa shape index (κ2) is 6.08. The molecular weight excluding hydrogens is 393 g/mol. The van der Waals surface area contributed by atoms with Crippen LogP contribution in [-0.2, 0) is 14.4 Å². The van der Waals surface area contributed by atoms with E-state index < -0.39 is 34.4 Å². The Bertz CT molecular complexity index is 490. The maximum Gasteiger partial charge on any atom is 0.427 e. The van der Waals surface area contributed by atoms with Gasteiger partial charge in [0.25, 0.3) is 0 Å². The van der Waals surface area contributed by atoms with Gasteiger partial charge in [0, 0.05) is 11.8 Å². The first-order valence-corrected chi connectivity index (χ1v) is 9.28. The van der Waals surface area contributed by atoms with Gasteiger partial charge in [-0.2, -0.15) is 13.2 Å². The van der Waals surface area contributed by atoms with Crippen molar-refractivity contribution in [1.82, 2.24) is 0 Å². The zero-order valence-electron chi connectivity index (χ0n) is 14.0. The van der Waals surface area contributed by atoms with E-state index in [-0.39, 0.29) is 17.9 Å². The molecule has 2 aliphatic heterocycles. The van der Waals surface area contributed by atoms with Gasteiger partial charge in [-0.15, -0.1) is 0 Å². The minimum Gasteiger partial charge on any atom is -0.346 e.